The standard InChI is InChI=1S/C11H15N2/c1-13(2,9-8-12)10-11-6-4-3-5-7-11/h3-7,9,12H,10H2,1-2H3/q+1. The van der Waals surface area contributed by atoms with Crippen LogP contribution in [0.1, 0.15) is 5.56 Å². The van der Waals surface area contributed by atoms with E-state index in [1.807, 2.05) is 18.2 Å². The first kappa shape index (κ1) is 9.72. The highest BCUT2D eigenvalue weighted by atomic mass is 15.3. The summed E-state index contributed by atoms with van der Waals surface area (Å²) in [5.74, 6) is 2.33. The lowest BCUT2D eigenvalue weighted by atomic mass is 10.2. The van der Waals surface area contributed by atoms with Crippen LogP contribution in [0.25, 0.3) is 0 Å². The number of hydrogen-bond donors (Lipinski definition) is 1. The first-order chi connectivity index (χ1) is 6.14. The first-order valence-corrected chi connectivity index (χ1v) is 4.27. The quantitative estimate of drug-likeness (QED) is 0.537. The van der Waals surface area contributed by atoms with Crippen LogP contribution in [-0.2, 0) is 6.54 Å². The second-order valence-corrected chi connectivity index (χ2v) is 3.70. The van der Waals surface area contributed by atoms with E-state index < -0.39 is 0 Å². The summed E-state index contributed by atoms with van der Waals surface area (Å²) in [6.07, 6.45) is 1.74. The van der Waals surface area contributed by atoms with Gasteiger partial charge in [0.25, 0.3) is 0 Å². The topological polar surface area (TPSA) is 23.9 Å². The predicted molar refractivity (Wildman–Crippen MR) is 54.6 cm³/mol. The van der Waals surface area contributed by atoms with E-state index >= 15 is 0 Å². The van der Waals surface area contributed by atoms with Crippen LogP contribution >= 0.6 is 0 Å². The Morgan fingerprint density at radius 3 is 2.46 bits per heavy atom. The van der Waals surface area contributed by atoms with E-state index in [4.69, 9.17) is 5.41 Å². The van der Waals surface area contributed by atoms with Crippen molar-refractivity contribution in [1.29, 1.82) is 5.41 Å². The summed E-state index contributed by atoms with van der Waals surface area (Å²) in [5.41, 5.74) is 1.28. The number of nitrogens with one attached hydrogen (secondary N) is 1. The lowest BCUT2D eigenvalue weighted by Gasteiger charge is -2.23. The van der Waals surface area contributed by atoms with Gasteiger partial charge in [-0.05, 0) is 0 Å². The van der Waals surface area contributed by atoms with E-state index in [0.717, 1.165) is 6.54 Å². The molecule has 0 amide bonds. The largest absolute Gasteiger partial charge is 0.290 e. The number of rotatable bonds is 3. The number of hydrogen-bond acceptors (Lipinski definition) is 1. The van der Waals surface area contributed by atoms with Crippen LogP contribution in [0.15, 0.2) is 36.5 Å². The molecule has 1 aromatic carbocycles. The molecule has 0 saturated carbocycles. The van der Waals surface area contributed by atoms with Gasteiger partial charge in [-0.25, -0.2) is 0 Å². The third-order valence-corrected chi connectivity index (χ3v) is 1.85. The minimum atomic E-state index is 0.660. The minimum absolute atomic E-state index is 0.660. The molecule has 0 spiro atoms. The molecule has 0 aliphatic heterocycles. The van der Waals surface area contributed by atoms with Crippen molar-refractivity contribution in [2.45, 2.75) is 6.54 Å². The Kier molecular flexibility index (Phi) is 3.02. The van der Waals surface area contributed by atoms with Gasteiger partial charge in [0.05, 0.1) is 14.1 Å². The molecule has 0 aliphatic rings. The molecule has 2 nitrogen and oxygen atoms in total. The van der Waals surface area contributed by atoms with E-state index in [2.05, 4.69) is 32.1 Å². The highest BCUT2D eigenvalue weighted by molar-refractivity contribution is 5.44. The lowest BCUT2D eigenvalue weighted by Crippen LogP contribution is -2.32. The fraction of sp³-hybridized carbons (Fsp3) is 0.273. The van der Waals surface area contributed by atoms with Crippen molar-refractivity contribution >= 4 is 5.87 Å². The summed E-state index contributed by atoms with van der Waals surface area (Å²) in [5, 5.41) is 6.90. The number of benzene rings is 1. The van der Waals surface area contributed by atoms with Gasteiger partial charge in [0.2, 0.25) is 0 Å². The Morgan fingerprint density at radius 1 is 1.31 bits per heavy atom. The van der Waals surface area contributed by atoms with E-state index in [-0.39, 0.29) is 0 Å². The van der Waals surface area contributed by atoms with Crippen molar-refractivity contribution in [2.75, 3.05) is 14.1 Å². The van der Waals surface area contributed by atoms with Gasteiger partial charge in [-0.3, -0.25) is 9.89 Å². The fourth-order valence-corrected chi connectivity index (χ4v) is 1.27. The van der Waals surface area contributed by atoms with Gasteiger partial charge in [0.15, 0.2) is 6.20 Å². The number of quaternary nitrogens is 1. The second kappa shape index (κ2) is 4.04. The summed E-state index contributed by atoms with van der Waals surface area (Å²) < 4.78 is 0.660. The Morgan fingerprint density at radius 2 is 1.92 bits per heavy atom. The highest BCUT2D eigenvalue weighted by Crippen LogP contribution is 2.08. The molecule has 0 aromatic heterocycles. The maximum absolute atomic E-state index is 6.90. The molecule has 1 N–H and O–H groups in total. The monoisotopic (exact) mass is 175 g/mol. The van der Waals surface area contributed by atoms with Gasteiger partial charge in [-0.2, -0.15) is 0 Å². The molecule has 0 atom stereocenters. The van der Waals surface area contributed by atoms with E-state index in [1.165, 1.54) is 5.56 Å². The minimum Gasteiger partial charge on any atom is -0.290 e. The molecule has 1 aromatic rings. The van der Waals surface area contributed by atoms with Crippen LogP contribution in [0.5, 0.6) is 0 Å². The average molecular weight is 175 g/mol. The fourth-order valence-electron chi connectivity index (χ4n) is 1.27. The molecule has 0 saturated heterocycles. The van der Waals surface area contributed by atoms with Crippen molar-refractivity contribution < 1.29 is 4.48 Å². The van der Waals surface area contributed by atoms with E-state index in [9.17, 15) is 0 Å². The molecule has 68 valence electrons. The Bertz CT molecular complexity index is 308. The van der Waals surface area contributed by atoms with Gasteiger partial charge in [-0.1, -0.05) is 30.3 Å². The summed E-state index contributed by atoms with van der Waals surface area (Å²) >= 11 is 0. The summed E-state index contributed by atoms with van der Waals surface area (Å²) in [6, 6.07) is 10.3. The molecular weight excluding hydrogens is 160 g/mol. The molecule has 0 unspecified atom stereocenters. The zero-order valence-corrected chi connectivity index (χ0v) is 8.12. The Labute approximate surface area is 79.2 Å². The van der Waals surface area contributed by atoms with Gasteiger partial charge >= 0.3 is 0 Å². The molecule has 0 bridgehead atoms. The summed E-state index contributed by atoms with van der Waals surface area (Å²) in [7, 11) is 4.10. The number of nitrogens with zero attached hydrogens (tertiary/aromatic N) is 1. The van der Waals surface area contributed by atoms with Crippen molar-refractivity contribution in [1.82, 2.24) is 0 Å². The Balaban J connectivity index is 2.74. The highest BCUT2D eigenvalue weighted by Gasteiger charge is 2.11. The Hall–Kier alpha value is -1.37. The SMILES string of the molecule is C[N+](C)(C=C=N)Cc1ccccc1. The normalized spacial score (nSPS) is 10.6. The van der Waals surface area contributed by atoms with Crippen molar-refractivity contribution in [3.05, 3.63) is 42.1 Å². The molecule has 0 heterocycles. The molecule has 0 aliphatic carbocycles. The van der Waals surface area contributed by atoms with Crippen LogP contribution in [0.3, 0.4) is 0 Å². The van der Waals surface area contributed by atoms with Crippen LogP contribution in [0.4, 0.5) is 0 Å². The van der Waals surface area contributed by atoms with Gasteiger partial charge in [-0.15, -0.1) is 0 Å². The van der Waals surface area contributed by atoms with Crippen molar-refractivity contribution in [2.24, 2.45) is 0 Å². The molecule has 13 heavy (non-hydrogen) atoms. The van der Waals surface area contributed by atoms with Crippen LogP contribution < -0.4 is 0 Å². The van der Waals surface area contributed by atoms with Gasteiger partial charge < -0.3 is 0 Å². The first-order valence-electron chi connectivity index (χ1n) is 4.27. The van der Waals surface area contributed by atoms with Crippen molar-refractivity contribution in [3.63, 3.8) is 0 Å². The van der Waals surface area contributed by atoms with Crippen LogP contribution in [-0.4, -0.2) is 24.4 Å². The predicted octanol–water partition coefficient (Wildman–Crippen LogP) is 2.03. The molecule has 2 heteroatoms. The molecule has 1 rings (SSSR count). The van der Waals surface area contributed by atoms with E-state index in [0.29, 0.717) is 4.48 Å². The molecule has 0 radical (unpaired) electrons. The van der Waals surface area contributed by atoms with Gasteiger partial charge in [0, 0.05) is 11.4 Å². The van der Waals surface area contributed by atoms with Crippen LogP contribution in [0.2, 0.25) is 0 Å². The second-order valence-electron chi connectivity index (χ2n) is 3.70. The van der Waals surface area contributed by atoms with Gasteiger partial charge in [0.1, 0.15) is 6.54 Å². The lowest BCUT2D eigenvalue weighted by molar-refractivity contribution is -0.851. The maximum Gasteiger partial charge on any atom is 0.157 e. The summed E-state index contributed by atoms with van der Waals surface area (Å²) in [4.78, 5) is 0. The van der Waals surface area contributed by atoms with Crippen LogP contribution in [0, 0.1) is 5.41 Å². The zero-order chi connectivity index (χ0) is 9.73. The van der Waals surface area contributed by atoms with E-state index in [1.54, 1.807) is 6.20 Å². The summed E-state index contributed by atoms with van der Waals surface area (Å²) in [6.45, 7) is 0.896. The third-order valence-electron chi connectivity index (χ3n) is 1.85. The zero-order valence-electron chi connectivity index (χ0n) is 8.12. The maximum atomic E-state index is 6.90. The third kappa shape index (κ3) is 3.24. The molecule has 0 fully saturated rings. The smallest absolute Gasteiger partial charge is 0.157 e. The average Bonchev–Trinajstić information content (AvgIpc) is 2.04. The van der Waals surface area contributed by atoms with Crippen molar-refractivity contribution in [3.8, 4) is 0 Å². The molecular formula is C11H15N2+.